The Morgan fingerprint density at radius 1 is 1.06 bits per heavy atom. The molecule has 0 aromatic heterocycles. The number of aliphatic hydroxyl groups excluding tert-OH is 1. The fourth-order valence-electron chi connectivity index (χ4n) is 2.90. The first-order chi connectivity index (χ1) is 8.34. The van der Waals surface area contributed by atoms with E-state index in [-0.39, 0.29) is 6.10 Å². The van der Waals surface area contributed by atoms with E-state index in [1.807, 2.05) is 6.07 Å². The van der Waals surface area contributed by atoms with Gasteiger partial charge in [-0.2, -0.15) is 0 Å². The van der Waals surface area contributed by atoms with Crippen LogP contribution in [0.15, 0.2) is 30.3 Å². The third-order valence-corrected chi connectivity index (χ3v) is 3.94. The normalized spacial score (nSPS) is 19.1. The average Bonchev–Trinajstić information content (AvgIpc) is 2.39. The van der Waals surface area contributed by atoms with Gasteiger partial charge in [-0.3, -0.25) is 0 Å². The van der Waals surface area contributed by atoms with Gasteiger partial charge in [-0.15, -0.1) is 0 Å². The lowest BCUT2D eigenvalue weighted by molar-refractivity contribution is 0.122. The second-order valence-electron chi connectivity index (χ2n) is 5.42. The van der Waals surface area contributed by atoms with Gasteiger partial charge in [-0.25, -0.2) is 0 Å². The molecule has 94 valence electrons. The van der Waals surface area contributed by atoms with E-state index in [0.29, 0.717) is 0 Å². The summed E-state index contributed by atoms with van der Waals surface area (Å²) in [5.41, 5.74) is 1.34. The Bertz CT molecular complexity index is 301. The second kappa shape index (κ2) is 6.80. The molecule has 0 saturated heterocycles. The first-order valence-corrected chi connectivity index (χ1v) is 7.06. The monoisotopic (exact) mass is 232 g/mol. The van der Waals surface area contributed by atoms with Crippen molar-refractivity contribution in [2.45, 2.75) is 57.5 Å². The zero-order valence-corrected chi connectivity index (χ0v) is 10.6. The van der Waals surface area contributed by atoms with E-state index >= 15 is 0 Å². The summed E-state index contributed by atoms with van der Waals surface area (Å²) in [6.07, 6.45) is 9.66. The van der Waals surface area contributed by atoms with Gasteiger partial charge >= 0.3 is 0 Å². The number of hydrogen-bond donors (Lipinski definition) is 1. The van der Waals surface area contributed by atoms with Crippen molar-refractivity contribution in [2.75, 3.05) is 0 Å². The Hall–Kier alpha value is -0.820. The first kappa shape index (κ1) is 12.6. The average molecular weight is 232 g/mol. The minimum absolute atomic E-state index is 0.0988. The lowest BCUT2D eigenvalue weighted by atomic mass is 9.84. The van der Waals surface area contributed by atoms with E-state index in [1.54, 1.807) is 0 Å². The number of hydrogen-bond acceptors (Lipinski definition) is 1. The number of aryl methyl sites for hydroxylation is 1. The van der Waals surface area contributed by atoms with Crippen LogP contribution in [0.25, 0.3) is 0 Å². The molecule has 0 radical (unpaired) electrons. The summed E-state index contributed by atoms with van der Waals surface area (Å²) >= 11 is 0. The largest absolute Gasteiger partial charge is 0.393 e. The van der Waals surface area contributed by atoms with Crippen LogP contribution in [0.1, 0.15) is 50.5 Å². The van der Waals surface area contributed by atoms with Crippen LogP contribution in [0.2, 0.25) is 0 Å². The highest BCUT2D eigenvalue weighted by molar-refractivity contribution is 5.14. The number of aliphatic hydroxyl groups is 1. The Kier molecular flexibility index (Phi) is 5.06. The Morgan fingerprint density at radius 3 is 2.47 bits per heavy atom. The van der Waals surface area contributed by atoms with Crippen LogP contribution in [-0.2, 0) is 6.42 Å². The molecule has 2 rings (SSSR count). The van der Waals surface area contributed by atoms with E-state index in [2.05, 4.69) is 24.3 Å². The lowest BCUT2D eigenvalue weighted by Crippen LogP contribution is -2.16. The summed E-state index contributed by atoms with van der Waals surface area (Å²) in [5, 5.41) is 10.1. The molecule has 1 N–H and O–H groups in total. The van der Waals surface area contributed by atoms with Gasteiger partial charge in [0.05, 0.1) is 6.10 Å². The maximum atomic E-state index is 10.1. The van der Waals surface area contributed by atoms with Crippen molar-refractivity contribution in [3.8, 4) is 0 Å². The van der Waals surface area contributed by atoms with Gasteiger partial charge in [0.15, 0.2) is 0 Å². The SMILES string of the molecule is OC(CCc1ccccc1)CC1CCCCC1. The predicted molar refractivity (Wildman–Crippen MR) is 72.0 cm³/mol. The fraction of sp³-hybridized carbons (Fsp3) is 0.625. The summed E-state index contributed by atoms with van der Waals surface area (Å²) in [4.78, 5) is 0. The van der Waals surface area contributed by atoms with Gasteiger partial charge in [0.2, 0.25) is 0 Å². The number of benzene rings is 1. The standard InChI is InChI=1S/C16H24O/c17-16(13-15-9-5-2-6-10-15)12-11-14-7-3-1-4-8-14/h1,3-4,7-8,15-17H,2,5-6,9-13H2. The Morgan fingerprint density at radius 2 is 1.76 bits per heavy atom. The molecule has 1 heteroatoms. The van der Waals surface area contributed by atoms with Gasteiger partial charge in [-0.1, -0.05) is 62.4 Å². The quantitative estimate of drug-likeness (QED) is 0.815. The summed E-state index contributed by atoms with van der Waals surface area (Å²) in [7, 11) is 0. The van der Waals surface area contributed by atoms with Crippen molar-refractivity contribution in [3.63, 3.8) is 0 Å². The zero-order valence-electron chi connectivity index (χ0n) is 10.6. The van der Waals surface area contributed by atoms with Crippen molar-refractivity contribution in [3.05, 3.63) is 35.9 Å². The van der Waals surface area contributed by atoms with Crippen LogP contribution in [0.4, 0.5) is 0 Å². The topological polar surface area (TPSA) is 20.2 Å². The van der Waals surface area contributed by atoms with E-state index in [0.717, 1.165) is 25.2 Å². The maximum absolute atomic E-state index is 10.1. The number of rotatable bonds is 5. The van der Waals surface area contributed by atoms with E-state index in [1.165, 1.54) is 37.7 Å². The minimum Gasteiger partial charge on any atom is -0.393 e. The molecular weight excluding hydrogens is 208 g/mol. The molecule has 0 spiro atoms. The summed E-state index contributed by atoms with van der Waals surface area (Å²) in [6.45, 7) is 0. The molecule has 0 bridgehead atoms. The van der Waals surface area contributed by atoms with Crippen LogP contribution in [0, 0.1) is 5.92 Å². The van der Waals surface area contributed by atoms with Gasteiger partial charge in [0, 0.05) is 0 Å². The molecule has 1 saturated carbocycles. The molecule has 1 aliphatic rings. The Labute approximate surface area is 105 Å². The smallest absolute Gasteiger partial charge is 0.0546 e. The van der Waals surface area contributed by atoms with Gasteiger partial charge < -0.3 is 5.11 Å². The summed E-state index contributed by atoms with van der Waals surface area (Å²) in [6, 6.07) is 10.5. The van der Waals surface area contributed by atoms with Crippen LogP contribution in [0.5, 0.6) is 0 Å². The summed E-state index contributed by atoms with van der Waals surface area (Å²) in [5.74, 6) is 0.787. The lowest BCUT2D eigenvalue weighted by Gasteiger charge is -2.24. The first-order valence-electron chi connectivity index (χ1n) is 7.06. The van der Waals surface area contributed by atoms with Gasteiger partial charge in [0.1, 0.15) is 0 Å². The van der Waals surface area contributed by atoms with Crippen molar-refractivity contribution in [1.82, 2.24) is 0 Å². The van der Waals surface area contributed by atoms with Crippen LogP contribution < -0.4 is 0 Å². The van der Waals surface area contributed by atoms with Gasteiger partial charge in [0.25, 0.3) is 0 Å². The molecule has 1 fully saturated rings. The molecule has 0 heterocycles. The molecule has 0 aliphatic heterocycles. The third kappa shape index (κ3) is 4.51. The highest BCUT2D eigenvalue weighted by Crippen LogP contribution is 2.28. The molecule has 1 atom stereocenters. The van der Waals surface area contributed by atoms with Crippen LogP contribution in [0.3, 0.4) is 0 Å². The minimum atomic E-state index is -0.0988. The van der Waals surface area contributed by atoms with Crippen LogP contribution >= 0.6 is 0 Å². The second-order valence-corrected chi connectivity index (χ2v) is 5.42. The zero-order chi connectivity index (χ0) is 11.9. The molecule has 1 nitrogen and oxygen atoms in total. The predicted octanol–water partition coefficient (Wildman–Crippen LogP) is 3.95. The van der Waals surface area contributed by atoms with Crippen molar-refractivity contribution < 1.29 is 5.11 Å². The molecule has 1 aromatic rings. The van der Waals surface area contributed by atoms with Crippen molar-refractivity contribution in [2.24, 2.45) is 5.92 Å². The van der Waals surface area contributed by atoms with E-state index in [4.69, 9.17) is 0 Å². The molecule has 0 amide bonds. The van der Waals surface area contributed by atoms with E-state index < -0.39 is 0 Å². The highest BCUT2D eigenvalue weighted by atomic mass is 16.3. The van der Waals surface area contributed by atoms with Crippen molar-refractivity contribution >= 4 is 0 Å². The summed E-state index contributed by atoms with van der Waals surface area (Å²) < 4.78 is 0. The fourth-order valence-corrected chi connectivity index (χ4v) is 2.90. The molecule has 1 aromatic carbocycles. The highest BCUT2D eigenvalue weighted by Gasteiger charge is 2.17. The molecular formula is C16H24O. The third-order valence-electron chi connectivity index (χ3n) is 3.94. The van der Waals surface area contributed by atoms with Crippen LogP contribution in [-0.4, -0.2) is 11.2 Å². The maximum Gasteiger partial charge on any atom is 0.0546 e. The molecule has 17 heavy (non-hydrogen) atoms. The van der Waals surface area contributed by atoms with E-state index in [9.17, 15) is 5.11 Å². The molecule has 1 unspecified atom stereocenters. The van der Waals surface area contributed by atoms with Gasteiger partial charge in [-0.05, 0) is 30.7 Å². The van der Waals surface area contributed by atoms with Crippen molar-refractivity contribution in [1.29, 1.82) is 0 Å². The molecule has 1 aliphatic carbocycles. The Balaban J connectivity index is 1.68.